The Morgan fingerprint density at radius 1 is 1.36 bits per heavy atom. The molecule has 3 rings (SSSR count). The Morgan fingerprint density at radius 3 is 2.64 bits per heavy atom. The highest BCUT2D eigenvalue weighted by Gasteiger charge is 2.36. The number of benzene rings is 1. The fourth-order valence-corrected chi connectivity index (χ4v) is 4.79. The molecule has 1 aliphatic heterocycles. The number of nitro benzene ring substituents is 1. The van der Waals surface area contributed by atoms with Crippen LogP contribution in [0, 0.1) is 15.9 Å². The van der Waals surface area contributed by atoms with Gasteiger partial charge in [0.1, 0.15) is 12.0 Å². The summed E-state index contributed by atoms with van der Waals surface area (Å²) >= 11 is 1.53. The average Bonchev–Trinajstić information content (AvgIpc) is 2.98. The summed E-state index contributed by atoms with van der Waals surface area (Å²) in [6.07, 6.45) is 5.30. The Hall–Kier alpha value is -1.87. The molecule has 154 valence electrons. The fourth-order valence-electron chi connectivity index (χ4n) is 3.57. The second kappa shape index (κ2) is 9.56. The number of amidine groups is 1. The number of aliphatic imine (C=N–C) groups is 1. The van der Waals surface area contributed by atoms with E-state index in [2.05, 4.69) is 0 Å². The Balaban J connectivity index is 0.00000280. The highest BCUT2D eigenvalue weighted by Crippen LogP contribution is 2.33. The van der Waals surface area contributed by atoms with Gasteiger partial charge in [-0.15, -0.1) is 12.4 Å². The number of non-ortho nitro benzene ring substituents is 1. The SMILES string of the molecule is CC(=O)N(c1cc([N+](=O)[O-])ccc1F)C1CSC(=NC2CCCCC2)N1C.Cl. The second-order valence-corrected chi connectivity index (χ2v) is 7.88. The van der Waals surface area contributed by atoms with E-state index in [1.54, 1.807) is 0 Å². The summed E-state index contributed by atoms with van der Waals surface area (Å²) in [6.45, 7) is 1.34. The van der Waals surface area contributed by atoms with Crippen LogP contribution in [0.4, 0.5) is 15.8 Å². The van der Waals surface area contributed by atoms with Crippen LogP contribution < -0.4 is 4.90 Å². The van der Waals surface area contributed by atoms with Crippen LogP contribution in [0.2, 0.25) is 0 Å². The average molecular weight is 431 g/mol. The number of carbonyl (C=O) groups is 1. The van der Waals surface area contributed by atoms with Crippen molar-refractivity contribution in [1.29, 1.82) is 0 Å². The van der Waals surface area contributed by atoms with E-state index in [4.69, 9.17) is 4.99 Å². The van der Waals surface area contributed by atoms with Crippen LogP contribution >= 0.6 is 24.2 Å². The normalized spacial score (nSPS) is 21.5. The second-order valence-electron chi connectivity index (χ2n) is 6.89. The van der Waals surface area contributed by atoms with Gasteiger partial charge in [0, 0.05) is 31.9 Å². The Kier molecular flexibility index (Phi) is 7.65. The molecule has 1 saturated carbocycles. The molecular weight excluding hydrogens is 407 g/mol. The summed E-state index contributed by atoms with van der Waals surface area (Å²) in [4.78, 5) is 30.8. The van der Waals surface area contributed by atoms with E-state index < -0.39 is 16.9 Å². The van der Waals surface area contributed by atoms with E-state index in [9.17, 15) is 19.3 Å². The number of amides is 1. The molecule has 0 aromatic heterocycles. The van der Waals surface area contributed by atoms with E-state index in [-0.39, 0.29) is 29.7 Å². The molecular formula is C18H24ClFN4O3S. The zero-order chi connectivity index (χ0) is 19.6. The van der Waals surface area contributed by atoms with Crippen LogP contribution in [-0.4, -0.2) is 45.9 Å². The molecule has 1 aromatic carbocycles. The summed E-state index contributed by atoms with van der Waals surface area (Å²) in [7, 11) is 1.83. The van der Waals surface area contributed by atoms with Gasteiger partial charge in [0.2, 0.25) is 5.91 Å². The summed E-state index contributed by atoms with van der Waals surface area (Å²) in [5, 5.41) is 11.9. The maximum atomic E-state index is 14.4. The first kappa shape index (κ1) is 22.4. The predicted octanol–water partition coefficient (Wildman–Crippen LogP) is 4.20. The standard InChI is InChI=1S/C18H23FN4O3S.ClH/c1-12(24)22(16-10-14(23(25)26)8-9-15(16)19)17-11-27-18(21(17)2)20-13-6-4-3-5-7-13;/h8-10,13,17H,3-7,11H2,1-2H3;1H. The number of carbonyl (C=O) groups excluding carboxylic acids is 1. The molecule has 0 bridgehead atoms. The lowest BCUT2D eigenvalue weighted by atomic mass is 9.96. The van der Waals surface area contributed by atoms with E-state index in [0.29, 0.717) is 11.8 Å². The van der Waals surface area contributed by atoms with Gasteiger partial charge in [-0.1, -0.05) is 31.0 Å². The summed E-state index contributed by atoms with van der Waals surface area (Å²) in [6, 6.07) is 3.54. The fraction of sp³-hybridized carbons (Fsp3) is 0.556. The van der Waals surface area contributed by atoms with Crippen molar-refractivity contribution in [2.45, 2.75) is 51.2 Å². The molecule has 1 atom stereocenters. The Labute approximate surface area is 173 Å². The van der Waals surface area contributed by atoms with E-state index in [1.165, 1.54) is 42.8 Å². The van der Waals surface area contributed by atoms with Crippen molar-refractivity contribution < 1.29 is 14.1 Å². The van der Waals surface area contributed by atoms with Crippen LogP contribution in [0.1, 0.15) is 39.0 Å². The minimum atomic E-state index is -0.660. The van der Waals surface area contributed by atoms with Crippen molar-refractivity contribution in [3.8, 4) is 0 Å². The van der Waals surface area contributed by atoms with Crippen LogP contribution in [0.3, 0.4) is 0 Å². The van der Waals surface area contributed by atoms with Crippen LogP contribution in [0.15, 0.2) is 23.2 Å². The van der Waals surface area contributed by atoms with Crippen molar-refractivity contribution in [2.75, 3.05) is 17.7 Å². The molecule has 1 aliphatic carbocycles. The first-order valence-corrected chi connectivity index (χ1v) is 10.0. The minimum Gasteiger partial charge on any atom is -0.333 e. The van der Waals surface area contributed by atoms with Gasteiger partial charge < -0.3 is 4.90 Å². The Morgan fingerprint density at radius 2 is 2.04 bits per heavy atom. The molecule has 2 aliphatic rings. The van der Waals surface area contributed by atoms with E-state index in [1.807, 2.05) is 11.9 Å². The third kappa shape index (κ3) is 4.75. The Bertz CT molecular complexity index is 773. The number of hydrogen-bond acceptors (Lipinski definition) is 5. The highest BCUT2D eigenvalue weighted by atomic mass is 35.5. The lowest BCUT2D eigenvalue weighted by Gasteiger charge is -2.33. The molecule has 7 nitrogen and oxygen atoms in total. The number of halogens is 2. The van der Waals surface area contributed by atoms with Gasteiger partial charge in [-0.2, -0.15) is 0 Å². The maximum Gasteiger partial charge on any atom is 0.271 e. The van der Waals surface area contributed by atoms with Crippen molar-refractivity contribution in [1.82, 2.24) is 4.90 Å². The van der Waals surface area contributed by atoms with E-state index in [0.717, 1.165) is 36.2 Å². The number of nitrogens with zero attached hydrogens (tertiary/aromatic N) is 4. The van der Waals surface area contributed by atoms with Gasteiger partial charge in [-0.05, 0) is 18.9 Å². The first-order chi connectivity index (χ1) is 12.9. The van der Waals surface area contributed by atoms with E-state index >= 15 is 0 Å². The topological polar surface area (TPSA) is 79.0 Å². The number of rotatable bonds is 4. The molecule has 1 saturated heterocycles. The van der Waals surface area contributed by atoms with Crippen molar-refractivity contribution in [3.63, 3.8) is 0 Å². The molecule has 1 amide bonds. The van der Waals surface area contributed by atoms with Gasteiger partial charge in [0.15, 0.2) is 5.17 Å². The third-order valence-electron chi connectivity index (χ3n) is 5.02. The summed E-state index contributed by atoms with van der Waals surface area (Å²) in [5.41, 5.74) is -0.324. The largest absolute Gasteiger partial charge is 0.333 e. The van der Waals surface area contributed by atoms with Gasteiger partial charge in [-0.3, -0.25) is 24.8 Å². The number of thioether (sulfide) groups is 1. The number of anilines is 1. The molecule has 10 heteroatoms. The van der Waals surface area contributed by atoms with Crippen molar-refractivity contribution in [3.05, 3.63) is 34.1 Å². The summed E-state index contributed by atoms with van der Waals surface area (Å²) < 4.78 is 14.4. The molecule has 0 N–H and O–H groups in total. The molecule has 0 spiro atoms. The molecule has 1 heterocycles. The highest BCUT2D eigenvalue weighted by molar-refractivity contribution is 8.14. The van der Waals surface area contributed by atoms with Gasteiger partial charge in [0.25, 0.3) is 5.69 Å². The lowest BCUT2D eigenvalue weighted by molar-refractivity contribution is -0.384. The first-order valence-electron chi connectivity index (χ1n) is 9.05. The number of hydrogen-bond donors (Lipinski definition) is 0. The third-order valence-corrected chi connectivity index (χ3v) is 6.13. The number of nitro groups is 1. The molecule has 0 radical (unpaired) electrons. The maximum absolute atomic E-state index is 14.4. The predicted molar refractivity (Wildman–Crippen MR) is 112 cm³/mol. The van der Waals surface area contributed by atoms with Gasteiger partial charge >= 0.3 is 0 Å². The van der Waals surface area contributed by atoms with Gasteiger partial charge in [0.05, 0.1) is 16.7 Å². The van der Waals surface area contributed by atoms with Crippen LogP contribution in [0.5, 0.6) is 0 Å². The van der Waals surface area contributed by atoms with Crippen molar-refractivity contribution >= 4 is 46.6 Å². The zero-order valence-electron chi connectivity index (χ0n) is 15.8. The summed E-state index contributed by atoms with van der Waals surface area (Å²) in [5.74, 6) is -0.498. The van der Waals surface area contributed by atoms with Crippen LogP contribution in [0.25, 0.3) is 0 Å². The molecule has 28 heavy (non-hydrogen) atoms. The quantitative estimate of drug-likeness (QED) is 0.528. The lowest BCUT2D eigenvalue weighted by Crippen LogP contribution is -2.48. The monoisotopic (exact) mass is 430 g/mol. The minimum absolute atomic E-state index is 0. The smallest absolute Gasteiger partial charge is 0.271 e. The zero-order valence-corrected chi connectivity index (χ0v) is 17.5. The molecule has 1 aromatic rings. The van der Waals surface area contributed by atoms with Gasteiger partial charge in [-0.25, -0.2) is 4.39 Å². The van der Waals surface area contributed by atoms with Crippen molar-refractivity contribution in [2.24, 2.45) is 4.99 Å². The molecule has 2 fully saturated rings. The van der Waals surface area contributed by atoms with Crippen LogP contribution in [-0.2, 0) is 4.79 Å². The molecule has 1 unspecified atom stereocenters.